The smallest absolute Gasteiger partial charge is 0.339 e. The van der Waals surface area contributed by atoms with Crippen LogP contribution in [0.2, 0.25) is 5.02 Å². The average molecular weight is 332 g/mol. The largest absolute Gasteiger partial charge is 0.444 e. The van der Waals surface area contributed by atoms with Crippen molar-refractivity contribution >= 4 is 29.3 Å². The molecule has 112 valence electrons. The molecule has 0 saturated carbocycles. The minimum Gasteiger partial charge on any atom is -0.444 e. The molecule has 2 rings (SSSR count). The average Bonchev–Trinajstić information content (AvgIpc) is 2.54. The quantitative estimate of drug-likeness (QED) is 0.588. The van der Waals surface area contributed by atoms with Crippen LogP contribution in [0.4, 0.5) is 0 Å². The van der Waals surface area contributed by atoms with Gasteiger partial charge in [0.15, 0.2) is 6.10 Å². The Labute approximate surface area is 138 Å². The molecule has 0 fully saturated rings. The number of nitriles is 1. The highest BCUT2D eigenvalue weighted by molar-refractivity contribution is 7.98. The van der Waals surface area contributed by atoms with Gasteiger partial charge in [-0.2, -0.15) is 5.26 Å². The van der Waals surface area contributed by atoms with Gasteiger partial charge in [-0.15, -0.1) is 11.8 Å². The van der Waals surface area contributed by atoms with E-state index in [-0.39, 0.29) is 0 Å². The topological polar surface area (TPSA) is 50.1 Å². The number of hydrogen-bond acceptors (Lipinski definition) is 4. The second-order valence-electron chi connectivity index (χ2n) is 4.62. The zero-order valence-corrected chi connectivity index (χ0v) is 13.5. The Bertz CT molecular complexity index is 677. The highest BCUT2D eigenvalue weighted by Crippen LogP contribution is 2.24. The normalized spacial score (nSPS) is 11.5. The van der Waals surface area contributed by atoms with Gasteiger partial charge in [-0.3, -0.25) is 0 Å². The van der Waals surface area contributed by atoms with E-state index in [2.05, 4.69) is 0 Å². The first-order chi connectivity index (χ1) is 10.6. The molecule has 22 heavy (non-hydrogen) atoms. The second-order valence-corrected chi connectivity index (χ2v) is 6.10. The zero-order chi connectivity index (χ0) is 15.9. The van der Waals surface area contributed by atoms with Crippen molar-refractivity contribution in [3.8, 4) is 6.07 Å². The summed E-state index contributed by atoms with van der Waals surface area (Å²) in [7, 11) is 0. The molecule has 0 spiro atoms. The van der Waals surface area contributed by atoms with Crippen LogP contribution < -0.4 is 0 Å². The van der Waals surface area contributed by atoms with Crippen molar-refractivity contribution in [3.63, 3.8) is 0 Å². The van der Waals surface area contributed by atoms with Gasteiger partial charge in [-0.25, -0.2) is 4.79 Å². The lowest BCUT2D eigenvalue weighted by Gasteiger charge is -2.07. The number of carbonyl (C=O) groups is 1. The van der Waals surface area contributed by atoms with Gasteiger partial charge >= 0.3 is 5.97 Å². The van der Waals surface area contributed by atoms with Crippen molar-refractivity contribution in [2.24, 2.45) is 0 Å². The summed E-state index contributed by atoms with van der Waals surface area (Å²) in [6.07, 6.45) is -0.743. The van der Waals surface area contributed by atoms with Crippen LogP contribution in [-0.2, 0) is 10.5 Å². The lowest BCUT2D eigenvalue weighted by Crippen LogP contribution is -2.12. The predicted octanol–water partition coefficient (Wildman–Crippen LogP) is 4.70. The third-order valence-corrected chi connectivity index (χ3v) is 4.21. The molecule has 0 N–H and O–H groups in total. The van der Waals surface area contributed by atoms with Crippen molar-refractivity contribution in [2.75, 3.05) is 0 Å². The van der Waals surface area contributed by atoms with Crippen LogP contribution in [0.15, 0.2) is 53.4 Å². The van der Waals surface area contributed by atoms with Crippen molar-refractivity contribution in [1.29, 1.82) is 5.26 Å². The van der Waals surface area contributed by atoms with Crippen LogP contribution in [0.3, 0.4) is 0 Å². The molecule has 3 nitrogen and oxygen atoms in total. The van der Waals surface area contributed by atoms with E-state index in [1.807, 2.05) is 42.5 Å². The number of benzene rings is 2. The molecule has 2 aromatic carbocycles. The molecule has 0 saturated heterocycles. The number of ether oxygens (including phenoxy) is 1. The van der Waals surface area contributed by atoms with E-state index in [0.29, 0.717) is 5.56 Å². The highest BCUT2D eigenvalue weighted by Gasteiger charge is 2.10. The third kappa shape index (κ3) is 4.80. The van der Waals surface area contributed by atoms with Gasteiger partial charge in [0.2, 0.25) is 0 Å². The Kier molecular flexibility index (Phi) is 5.88. The summed E-state index contributed by atoms with van der Waals surface area (Å²) in [5, 5.41) is 9.35. The SMILES string of the molecule is CC(C#N)OC(=O)c1ccc(CSc2ccc(Cl)cc2)cc1. The summed E-state index contributed by atoms with van der Waals surface area (Å²) in [5.74, 6) is 0.317. The summed E-state index contributed by atoms with van der Waals surface area (Å²) in [5.41, 5.74) is 1.55. The number of carbonyl (C=O) groups excluding carboxylic acids is 1. The lowest BCUT2D eigenvalue weighted by molar-refractivity contribution is 0.0435. The number of esters is 1. The summed E-state index contributed by atoms with van der Waals surface area (Å²) < 4.78 is 4.95. The fraction of sp³-hybridized carbons (Fsp3) is 0.176. The van der Waals surface area contributed by atoms with Crippen molar-refractivity contribution in [2.45, 2.75) is 23.7 Å². The van der Waals surface area contributed by atoms with Gasteiger partial charge in [0.1, 0.15) is 6.07 Å². The molecule has 0 aromatic heterocycles. The van der Waals surface area contributed by atoms with Crippen LogP contribution in [0.1, 0.15) is 22.8 Å². The molecule has 1 atom stereocenters. The molecule has 0 bridgehead atoms. The molecule has 1 unspecified atom stereocenters. The Morgan fingerprint density at radius 2 is 1.86 bits per heavy atom. The number of halogens is 1. The molecule has 0 radical (unpaired) electrons. The lowest BCUT2D eigenvalue weighted by atomic mass is 10.1. The van der Waals surface area contributed by atoms with Crippen molar-refractivity contribution in [1.82, 2.24) is 0 Å². The highest BCUT2D eigenvalue weighted by atomic mass is 35.5. The van der Waals surface area contributed by atoms with Crippen molar-refractivity contribution in [3.05, 3.63) is 64.7 Å². The van der Waals surface area contributed by atoms with Gasteiger partial charge in [0.05, 0.1) is 5.56 Å². The summed E-state index contributed by atoms with van der Waals surface area (Å²) in [6, 6.07) is 16.7. The van der Waals surface area contributed by atoms with Gasteiger partial charge in [-0.1, -0.05) is 23.7 Å². The van der Waals surface area contributed by atoms with Crippen LogP contribution >= 0.6 is 23.4 Å². The number of nitrogens with zero attached hydrogens (tertiary/aromatic N) is 1. The van der Waals surface area contributed by atoms with E-state index < -0.39 is 12.1 Å². The molecule has 0 aliphatic heterocycles. The van der Waals surface area contributed by atoms with Gasteiger partial charge < -0.3 is 4.74 Å². The standard InChI is InChI=1S/C17H14ClNO2S/c1-12(10-19)21-17(20)14-4-2-13(3-5-14)11-22-16-8-6-15(18)7-9-16/h2-9,12H,11H2,1H3. The number of thioether (sulfide) groups is 1. The van der Waals surface area contributed by atoms with E-state index in [1.165, 1.54) is 6.92 Å². The molecule has 0 aliphatic rings. The van der Waals surface area contributed by atoms with Gasteiger partial charge in [-0.05, 0) is 48.9 Å². The van der Waals surface area contributed by atoms with Crippen LogP contribution in [0.25, 0.3) is 0 Å². The molecular weight excluding hydrogens is 318 g/mol. The summed E-state index contributed by atoms with van der Waals surface area (Å²) in [6.45, 7) is 1.54. The Morgan fingerprint density at radius 3 is 2.45 bits per heavy atom. The molecule has 0 aliphatic carbocycles. The van der Waals surface area contributed by atoms with E-state index in [0.717, 1.165) is 21.2 Å². The molecular formula is C17H14ClNO2S. The summed E-state index contributed by atoms with van der Waals surface area (Å²) in [4.78, 5) is 12.9. The minimum atomic E-state index is -0.743. The fourth-order valence-electron chi connectivity index (χ4n) is 1.69. The number of hydrogen-bond donors (Lipinski definition) is 0. The van der Waals surface area contributed by atoms with Gasteiger partial charge in [0, 0.05) is 15.7 Å². The van der Waals surface area contributed by atoms with Crippen LogP contribution in [0, 0.1) is 11.3 Å². The first-order valence-electron chi connectivity index (χ1n) is 6.66. The Morgan fingerprint density at radius 1 is 1.23 bits per heavy atom. The fourth-order valence-corrected chi connectivity index (χ4v) is 2.67. The van der Waals surface area contributed by atoms with Crippen LogP contribution in [0.5, 0.6) is 0 Å². The first-order valence-corrected chi connectivity index (χ1v) is 8.03. The second kappa shape index (κ2) is 7.88. The van der Waals surface area contributed by atoms with Crippen molar-refractivity contribution < 1.29 is 9.53 Å². The first kappa shape index (κ1) is 16.4. The third-order valence-electron chi connectivity index (χ3n) is 2.87. The molecule has 0 amide bonds. The maximum atomic E-state index is 11.7. The number of rotatable bonds is 5. The van der Waals surface area contributed by atoms with Gasteiger partial charge in [0.25, 0.3) is 0 Å². The predicted molar refractivity (Wildman–Crippen MR) is 87.9 cm³/mol. The summed E-state index contributed by atoms with van der Waals surface area (Å²) >= 11 is 7.54. The Hall–Kier alpha value is -1.96. The monoisotopic (exact) mass is 331 g/mol. The maximum absolute atomic E-state index is 11.7. The minimum absolute atomic E-state index is 0.447. The zero-order valence-electron chi connectivity index (χ0n) is 12.0. The Balaban J connectivity index is 1.93. The molecule has 2 aromatic rings. The van der Waals surface area contributed by atoms with E-state index in [1.54, 1.807) is 23.9 Å². The molecule has 5 heteroatoms. The maximum Gasteiger partial charge on any atom is 0.339 e. The molecule has 0 heterocycles. The van der Waals surface area contributed by atoms with E-state index >= 15 is 0 Å². The van der Waals surface area contributed by atoms with E-state index in [9.17, 15) is 4.79 Å². The van der Waals surface area contributed by atoms with Crippen LogP contribution in [-0.4, -0.2) is 12.1 Å². The van der Waals surface area contributed by atoms with E-state index in [4.69, 9.17) is 21.6 Å².